The van der Waals surface area contributed by atoms with Gasteiger partial charge in [0.1, 0.15) is 11.2 Å². The van der Waals surface area contributed by atoms with Gasteiger partial charge in [-0.1, -0.05) is 125 Å². The zero-order valence-electron chi connectivity index (χ0n) is 28.8. The lowest BCUT2D eigenvalue weighted by Crippen LogP contribution is -2.16. The van der Waals surface area contributed by atoms with E-state index in [9.17, 15) is 0 Å². The van der Waals surface area contributed by atoms with E-state index in [-0.39, 0.29) is 10.8 Å². The first kappa shape index (κ1) is 29.1. The second-order valence-corrected chi connectivity index (χ2v) is 15.0. The molecule has 240 valence electrons. The lowest BCUT2D eigenvalue weighted by molar-refractivity contribution is 0.647. The molecule has 2 nitrogen and oxygen atoms in total. The van der Waals surface area contributed by atoms with Gasteiger partial charge < -0.3 is 9.32 Å². The molecule has 0 amide bonds. The summed E-state index contributed by atoms with van der Waals surface area (Å²) in [5, 5.41) is 2.30. The summed E-state index contributed by atoms with van der Waals surface area (Å²) >= 11 is 0. The van der Waals surface area contributed by atoms with Gasteiger partial charge in [0.2, 0.25) is 0 Å². The fraction of sp³-hybridized carbons (Fsp3) is 0.125. The molecule has 0 saturated heterocycles. The molecule has 0 N–H and O–H groups in total. The Hall–Kier alpha value is -5.86. The van der Waals surface area contributed by atoms with Crippen LogP contribution in [0.25, 0.3) is 55.3 Å². The van der Waals surface area contributed by atoms with Crippen LogP contribution < -0.4 is 4.90 Å². The smallest absolute Gasteiger partial charge is 0.137 e. The Bertz CT molecular complexity index is 2640. The van der Waals surface area contributed by atoms with Gasteiger partial charge in [-0.15, -0.1) is 0 Å². The van der Waals surface area contributed by atoms with Gasteiger partial charge in [-0.2, -0.15) is 0 Å². The quantitative estimate of drug-likeness (QED) is 0.190. The van der Waals surface area contributed by atoms with Crippen molar-refractivity contribution in [1.29, 1.82) is 0 Å². The van der Waals surface area contributed by atoms with Crippen LogP contribution in [0.4, 0.5) is 17.1 Å². The van der Waals surface area contributed by atoms with Crippen LogP contribution in [0.5, 0.6) is 0 Å². The van der Waals surface area contributed by atoms with E-state index in [0.29, 0.717) is 0 Å². The van der Waals surface area contributed by atoms with Crippen LogP contribution in [-0.4, -0.2) is 0 Å². The van der Waals surface area contributed by atoms with Gasteiger partial charge in [-0.05, 0) is 104 Å². The van der Waals surface area contributed by atoms with E-state index in [1.54, 1.807) is 0 Å². The predicted molar refractivity (Wildman–Crippen MR) is 209 cm³/mol. The molecule has 10 rings (SSSR count). The van der Waals surface area contributed by atoms with Crippen LogP contribution >= 0.6 is 0 Å². The zero-order valence-corrected chi connectivity index (χ0v) is 28.8. The van der Waals surface area contributed by atoms with Gasteiger partial charge in [-0.3, -0.25) is 0 Å². The highest BCUT2D eigenvalue weighted by atomic mass is 16.3. The lowest BCUT2D eigenvalue weighted by Gasteiger charge is -2.28. The molecule has 0 atom stereocenters. The van der Waals surface area contributed by atoms with E-state index >= 15 is 0 Å². The minimum atomic E-state index is -0.0970. The standard InChI is InChI=1S/C48H37NO/c1-47(2)41-16-10-8-14-35(41)37-24-22-33(26-43(37)47)49(32-20-18-31(19-21-32)30-12-6-5-7-13-30)34-23-25-38-40-28-39-36-15-9-11-17-42(36)48(3,4)44(39)29-46(40)50-45(38)27-34/h5-29H,1-4H3. The van der Waals surface area contributed by atoms with E-state index in [2.05, 4.69) is 184 Å². The number of anilines is 3. The maximum absolute atomic E-state index is 6.73. The van der Waals surface area contributed by atoms with Crippen LogP contribution in [0.1, 0.15) is 49.9 Å². The molecular formula is C48H37NO. The molecule has 0 fully saturated rings. The summed E-state index contributed by atoms with van der Waals surface area (Å²) < 4.78 is 6.73. The van der Waals surface area contributed by atoms with Gasteiger partial charge in [0.05, 0.1) is 0 Å². The van der Waals surface area contributed by atoms with Crippen molar-refractivity contribution < 1.29 is 4.42 Å². The minimum Gasteiger partial charge on any atom is -0.456 e. The summed E-state index contributed by atoms with van der Waals surface area (Å²) in [6, 6.07) is 55.5. The number of nitrogens with zero attached hydrogens (tertiary/aromatic N) is 1. The van der Waals surface area contributed by atoms with Gasteiger partial charge in [-0.25, -0.2) is 0 Å². The molecule has 8 aromatic rings. The highest BCUT2D eigenvalue weighted by Crippen LogP contribution is 2.52. The third-order valence-corrected chi connectivity index (χ3v) is 11.5. The van der Waals surface area contributed by atoms with Crippen molar-refractivity contribution in [3.63, 3.8) is 0 Å². The van der Waals surface area contributed by atoms with E-state index < -0.39 is 0 Å². The highest BCUT2D eigenvalue weighted by Gasteiger charge is 2.37. The predicted octanol–water partition coefficient (Wildman–Crippen LogP) is 13.3. The van der Waals surface area contributed by atoms with Gasteiger partial charge in [0.15, 0.2) is 0 Å². The van der Waals surface area contributed by atoms with Crippen molar-refractivity contribution in [1.82, 2.24) is 0 Å². The highest BCUT2D eigenvalue weighted by molar-refractivity contribution is 6.09. The van der Waals surface area contributed by atoms with Crippen LogP contribution in [0, 0.1) is 0 Å². The molecule has 1 heterocycles. The molecule has 0 spiro atoms. The molecular weight excluding hydrogens is 607 g/mol. The Balaban J connectivity index is 1.14. The van der Waals surface area contributed by atoms with Crippen molar-refractivity contribution in [3.8, 4) is 33.4 Å². The van der Waals surface area contributed by atoms with E-state index in [4.69, 9.17) is 4.42 Å². The van der Waals surface area contributed by atoms with Gasteiger partial charge in [0, 0.05) is 44.7 Å². The number of hydrogen-bond acceptors (Lipinski definition) is 2. The van der Waals surface area contributed by atoms with E-state index in [1.165, 1.54) is 55.6 Å². The minimum absolute atomic E-state index is 0.0754. The molecule has 7 aromatic carbocycles. The fourth-order valence-corrected chi connectivity index (χ4v) is 8.81. The molecule has 0 bridgehead atoms. The average Bonchev–Trinajstić information content (AvgIpc) is 3.70. The first-order chi connectivity index (χ1) is 24.3. The van der Waals surface area contributed by atoms with Crippen molar-refractivity contribution in [2.75, 3.05) is 4.90 Å². The lowest BCUT2D eigenvalue weighted by atomic mass is 9.82. The first-order valence-corrected chi connectivity index (χ1v) is 17.6. The normalized spacial score (nSPS) is 14.7. The second-order valence-electron chi connectivity index (χ2n) is 15.0. The maximum Gasteiger partial charge on any atom is 0.137 e. The molecule has 0 radical (unpaired) electrons. The van der Waals surface area contributed by atoms with Crippen molar-refractivity contribution >= 4 is 39.0 Å². The largest absolute Gasteiger partial charge is 0.456 e. The summed E-state index contributed by atoms with van der Waals surface area (Å²) in [6.07, 6.45) is 0. The molecule has 0 unspecified atom stereocenters. The number of fused-ring (bicyclic) bond motifs is 9. The Morgan fingerprint density at radius 1 is 0.380 bits per heavy atom. The van der Waals surface area contributed by atoms with Crippen LogP contribution in [-0.2, 0) is 10.8 Å². The van der Waals surface area contributed by atoms with E-state index in [0.717, 1.165) is 39.0 Å². The molecule has 2 heteroatoms. The zero-order chi connectivity index (χ0) is 33.8. The Labute approximate surface area is 293 Å². The number of rotatable bonds is 4. The van der Waals surface area contributed by atoms with E-state index in [1.807, 2.05) is 0 Å². The topological polar surface area (TPSA) is 16.4 Å². The van der Waals surface area contributed by atoms with Crippen LogP contribution in [0.3, 0.4) is 0 Å². The molecule has 50 heavy (non-hydrogen) atoms. The Kier molecular flexibility index (Phi) is 6.01. The third-order valence-electron chi connectivity index (χ3n) is 11.5. The second kappa shape index (κ2) is 10.3. The van der Waals surface area contributed by atoms with Crippen LogP contribution in [0.15, 0.2) is 156 Å². The summed E-state index contributed by atoms with van der Waals surface area (Å²) in [4.78, 5) is 2.38. The molecule has 2 aliphatic rings. The monoisotopic (exact) mass is 643 g/mol. The first-order valence-electron chi connectivity index (χ1n) is 17.6. The Morgan fingerprint density at radius 3 is 1.62 bits per heavy atom. The van der Waals surface area contributed by atoms with Crippen molar-refractivity contribution in [3.05, 3.63) is 174 Å². The van der Waals surface area contributed by atoms with Crippen molar-refractivity contribution in [2.24, 2.45) is 0 Å². The maximum atomic E-state index is 6.73. The van der Waals surface area contributed by atoms with Gasteiger partial charge >= 0.3 is 0 Å². The third kappa shape index (κ3) is 4.08. The SMILES string of the molecule is CC1(C)c2ccccc2-c2ccc(N(c3ccc(-c4ccccc4)cc3)c3ccc4c(c3)oc3cc5c(cc34)-c3ccccc3C5(C)C)cc21. The van der Waals surface area contributed by atoms with Crippen molar-refractivity contribution in [2.45, 2.75) is 38.5 Å². The number of hydrogen-bond donors (Lipinski definition) is 0. The average molecular weight is 644 g/mol. The van der Waals surface area contributed by atoms with Crippen LogP contribution in [0.2, 0.25) is 0 Å². The number of benzene rings is 7. The summed E-state index contributed by atoms with van der Waals surface area (Å²) in [5.74, 6) is 0. The molecule has 1 aromatic heterocycles. The molecule has 0 saturated carbocycles. The number of furan rings is 1. The Morgan fingerprint density at radius 2 is 0.900 bits per heavy atom. The summed E-state index contributed by atoms with van der Waals surface area (Å²) in [5.41, 5.74) is 18.1. The summed E-state index contributed by atoms with van der Waals surface area (Å²) in [6.45, 7) is 9.33. The molecule has 0 aliphatic heterocycles. The van der Waals surface area contributed by atoms with Gasteiger partial charge in [0.25, 0.3) is 0 Å². The fourth-order valence-electron chi connectivity index (χ4n) is 8.81. The molecule has 2 aliphatic carbocycles. The summed E-state index contributed by atoms with van der Waals surface area (Å²) in [7, 11) is 0.